The van der Waals surface area contributed by atoms with E-state index in [-0.39, 0.29) is 31.1 Å². The van der Waals surface area contributed by atoms with Gasteiger partial charge in [-0.05, 0) is 64.2 Å². The molecule has 0 saturated carbocycles. The number of allylic oxidation sites excluding steroid dienone is 10. The van der Waals surface area contributed by atoms with Crippen molar-refractivity contribution in [3.63, 3.8) is 0 Å². The Bertz CT molecular complexity index is 1290. The van der Waals surface area contributed by atoms with Crippen molar-refractivity contribution >= 4 is 17.9 Å². The molecule has 0 aromatic rings. The van der Waals surface area contributed by atoms with Gasteiger partial charge < -0.3 is 14.2 Å². The van der Waals surface area contributed by atoms with Gasteiger partial charge in [0.05, 0.1) is 0 Å². The zero-order valence-electron chi connectivity index (χ0n) is 47.9. The topological polar surface area (TPSA) is 78.9 Å². The Morgan fingerprint density at radius 1 is 0.292 bits per heavy atom. The summed E-state index contributed by atoms with van der Waals surface area (Å²) in [6.45, 7) is 6.55. The van der Waals surface area contributed by atoms with Crippen molar-refractivity contribution in [3.05, 3.63) is 60.8 Å². The fraction of sp³-hybridized carbons (Fsp3) is 0.803. The molecule has 6 heteroatoms. The van der Waals surface area contributed by atoms with E-state index in [1.54, 1.807) is 0 Å². The van der Waals surface area contributed by atoms with Crippen molar-refractivity contribution < 1.29 is 28.6 Å². The fourth-order valence-corrected chi connectivity index (χ4v) is 9.12. The molecule has 0 bridgehead atoms. The molecule has 0 amide bonds. The van der Waals surface area contributed by atoms with Gasteiger partial charge in [0.1, 0.15) is 13.2 Å². The first-order chi connectivity index (χ1) is 35.5. The summed E-state index contributed by atoms with van der Waals surface area (Å²) in [4.78, 5) is 38.3. The Labute approximate surface area is 447 Å². The highest BCUT2D eigenvalue weighted by Gasteiger charge is 2.19. The summed E-state index contributed by atoms with van der Waals surface area (Å²) in [6.07, 6.45) is 76.5. The van der Waals surface area contributed by atoms with E-state index in [2.05, 4.69) is 81.5 Å². The van der Waals surface area contributed by atoms with Crippen LogP contribution in [0, 0.1) is 0 Å². The van der Waals surface area contributed by atoms with E-state index in [9.17, 15) is 14.4 Å². The first-order valence-electron chi connectivity index (χ1n) is 31.3. The minimum absolute atomic E-state index is 0.0833. The number of hydrogen-bond acceptors (Lipinski definition) is 6. The Kier molecular flexibility index (Phi) is 58.2. The lowest BCUT2D eigenvalue weighted by atomic mass is 10.0. The van der Waals surface area contributed by atoms with Gasteiger partial charge in [0.2, 0.25) is 0 Å². The van der Waals surface area contributed by atoms with E-state index in [0.29, 0.717) is 19.3 Å². The van der Waals surface area contributed by atoms with Crippen molar-refractivity contribution in [1.82, 2.24) is 0 Å². The molecule has 6 nitrogen and oxygen atoms in total. The number of carbonyl (C=O) groups excluding carboxylic acids is 3. The highest BCUT2D eigenvalue weighted by atomic mass is 16.6. The molecule has 0 rings (SSSR count). The predicted molar refractivity (Wildman–Crippen MR) is 312 cm³/mol. The van der Waals surface area contributed by atoms with Gasteiger partial charge in [0.25, 0.3) is 0 Å². The molecule has 0 aliphatic heterocycles. The lowest BCUT2D eigenvalue weighted by molar-refractivity contribution is -0.167. The number of esters is 3. The summed E-state index contributed by atoms with van der Waals surface area (Å²) in [5.74, 6) is -0.896. The zero-order chi connectivity index (χ0) is 52.2. The Morgan fingerprint density at radius 2 is 0.542 bits per heavy atom. The van der Waals surface area contributed by atoms with Crippen LogP contribution in [0.5, 0.6) is 0 Å². The summed E-state index contributed by atoms with van der Waals surface area (Å²) < 4.78 is 16.9. The second-order valence-electron chi connectivity index (χ2n) is 21.0. The van der Waals surface area contributed by atoms with E-state index >= 15 is 0 Å². The third-order valence-corrected chi connectivity index (χ3v) is 13.8. The fourth-order valence-electron chi connectivity index (χ4n) is 9.12. The molecular formula is C66H118O6. The maximum Gasteiger partial charge on any atom is 0.306 e. The number of carbonyl (C=O) groups is 3. The molecule has 0 aromatic carbocycles. The standard InChI is InChI=1S/C66H118O6/c1-4-7-10-13-16-19-22-25-28-30-32-33-35-36-38-41-44-47-50-53-56-59-65(68)71-62-63(61-70-64(67)58-55-52-49-46-43-40-27-24-21-18-15-12-9-6-3)72-66(69)60-57-54-51-48-45-42-39-37-34-31-29-26-23-20-17-14-11-8-5-2/h8,11,17,20,26,29,34,37,42,45,63H,4-7,9-10,12-16,18-19,21-25,27-28,30-33,35-36,38-41,43-44,46-62H2,1-3H3/b11-8-,20-17-,29-26-,37-34-,45-42-. The van der Waals surface area contributed by atoms with Crippen molar-refractivity contribution in [1.29, 1.82) is 0 Å². The van der Waals surface area contributed by atoms with Crippen LogP contribution in [-0.4, -0.2) is 37.2 Å². The maximum atomic E-state index is 12.9. The van der Waals surface area contributed by atoms with Crippen LogP contribution in [0.2, 0.25) is 0 Å². The normalized spacial score (nSPS) is 12.4. The van der Waals surface area contributed by atoms with Gasteiger partial charge in [-0.1, -0.05) is 300 Å². The molecule has 0 radical (unpaired) electrons. The summed E-state index contributed by atoms with van der Waals surface area (Å²) in [6, 6.07) is 0. The summed E-state index contributed by atoms with van der Waals surface area (Å²) in [7, 11) is 0. The van der Waals surface area contributed by atoms with Crippen molar-refractivity contribution in [3.8, 4) is 0 Å². The van der Waals surface area contributed by atoms with Crippen molar-refractivity contribution in [2.75, 3.05) is 13.2 Å². The van der Waals surface area contributed by atoms with E-state index < -0.39 is 6.10 Å². The van der Waals surface area contributed by atoms with Crippen LogP contribution in [0.4, 0.5) is 0 Å². The van der Waals surface area contributed by atoms with Gasteiger partial charge in [0, 0.05) is 19.3 Å². The Balaban J connectivity index is 4.37. The predicted octanol–water partition coefficient (Wildman–Crippen LogP) is 21.2. The number of rotatable bonds is 57. The van der Waals surface area contributed by atoms with Crippen LogP contribution < -0.4 is 0 Å². The molecule has 0 aliphatic rings. The quantitative estimate of drug-likeness (QED) is 0.0261. The van der Waals surface area contributed by atoms with Gasteiger partial charge in [-0.3, -0.25) is 14.4 Å². The van der Waals surface area contributed by atoms with Crippen molar-refractivity contribution in [2.24, 2.45) is 0 Å². The van der Waals surface area contributed by atoms with Gasteiger partial charge in [-0.25, -0.2) is 0 Å². The minimum Gasteiger partial charge on any atom is -0.462 e. The summed E-state index contributed by atoms with van der Waals surface area (Å²) in [5, 5.41) is 0. The molecule has 0 saturated heterocycles. The SMILES string of the molecule is CC/C=C\C/C=C\C/C=C\C/C=C\C/C=C\CCCCCC(=O)OC(COC(=O)CCCCCCCCCCCCCCCC)COC(=O)CCCCCCCCCCCCCCCCCCCCCCC. The summed E-state index contributed by atoms with van der Waals surface area (Å²) >= 11 is 0. The number of unbranched alkanes of at least 4 members (excludes halogenated alkanes) is 36. The molecule has 0 aromatic heterocycles. The van der Waals surface area contributed by atoms with Crippen LogP contribution in [0.15, 0.2) is 60.8 Å². The van der Waals surface area contributed by atoms with E-state index in [1.165, 1.54) is 186 Å². The van der Waals surface area contributed by atoms with Gasteiger partial charge in [0.15, 0.2) is 6.10 Å². The van der Waals surface area contributed by atoms with E-state index in [4.69, 9.17) is 14.2 Å². The smallest absolute Gasteiger partial charge is 0.306 e. The number of hydrogen-bond donors (Lipinski definition) is 0. The largest absolute Gasteiger partial charge is 0.462 e. The average Bonchev–Trinajstić information content (AvgIpc) is 3.38. The molecule has 0 spiro atoms. The van der Waals surface area contributed by atoms with Gasteiger partial charge >= 0.3 is 17.9 Å². The molecule has 0 N–H and O–H groups in total. The van der Waals surface area contributed by atoms with Crippen LogP contribution in [0.3, 0.4) is 0 Å². The highest BCUT2D eigenvalue weighted by molar-refractivity contribution is 5.71. The lowest BCUT2D eigenvalue weighted by Gasteiger charge is -2.18. The molecule has 72 heavy (non-hydrogen) atoms. The Morgan fingerprint density at radius 3 is 0.847 bits per heavy atom. The second-order valence-corrected chi connectivity index (χ2v) is 21.0. The van der Waals surface area contributed by atoms with E-state index in [0.717, 1.165) is 96.3 Å². The second kappa shape index (κ2) is 60.7. The monoisotopic (exact) mass is 1010 g/mol. The maximum absolute atomic E-state index is 12.9. The average molecular weight is 1010 g/mol. The first kappa shape index (κ1) is 69.1. The van der Waals surface area contributed by atoms with E-state index in [1.807, 2.05) is 0 Å². The van der Waals surface area contributed by atoms with Crippen LogP contribution in [0.25, 0.3) is 0 Å². The van der Waals surface area contributed by atoms with Gasteiger partial charge in [-0.15, -0.1) is 0 Å². The Hall–Kier alpha value is -2.89. The number of ether oxygens (including phenoxy) is 3. The highest BCUT2D eigenvalue weighted by Crippen LogP contribution is 2.17. The third-order valence-electron chi connectivity index (χ3n) is 13.8. The molecule has 418 valence electrons. The van der Waals surface area contributed by atoms with Crippen LogP contribution >= 0.6 is 0 Å². The summed E-state index contributed by atoms with van der Waals surface area (Å²) in [5.41, 5.74) is 0. The molecule has 0 fully saturated rings. The van der Waals surface area contributed by atoms with Crippen molar-refractivity contribution in [2.45, 2.75) is 329 Å². The lowest BCUT2D eigenvalue weighted by Crippen LogP contribution is -2.30. The molecular weight excluding hydrogens is 889 g/mol. The molecule has 0 aliphatic carbocycles. The first-order valence-corrected chi connectivity index (χ1v) is 31.3. The molecule has 1 unspecified atom stereocenters. The zero-order valence-corrected chi connectivity index (χ0v) is 47.9. The van der Waals surface area contributed by atoms with Gasteiger partial charge in [-0.2, -0.15) is 0 Å². The van der Waals surface area contributed by atoms with Crippen LogP contribution in [-0.2, 0) is 28.6 Å². The van der Waals surface area contributed by atoms with Crippen LogP contribution in [0.1, 0.15) is 323 Å². The molecule has 1 atom stereocenters. The molecule has 0 heterocycles. The third kappa shape index (κ3) is 58.0. The minimum atomic E-state index is -0.789.